The van der Waals surface area contributed by atoms with Crippen LogP contribution in [0.2, 0.25) is 0 Å². The number of rotatable bonds is 4. The maximum Gasteiger partial charge on any atom is 0.221 e. The van der Waals surface area contributed by atoms with Crippen molar-refractivity contribution in [3.05, 3.63) is 0 Å². The van der Waals surface area contributed by atoms with Crippen LogP contribution in [0.5, 0.6) is 0 Å². The number of nitrogens with one attached hydrogen (secondary N) is 1. The lowest BCUT2D eigenvalue weighted by Crippen LogP contribution is -2.48. The Bertz CT molecular complexity index is 343. The summed E-state index contributed by atoms with van der Waals surface area (Å²) in [7, 11) is 0. The van der Waals surface area contributed by atoms with Crippen LogP contribution < -0.4 is 5.32 Å². The number of carbonyl (C=O) groups excluding carboxylic acids is 2. The van der Waals surface area contributed by atoms with Crippen LogP contribution >= 0.6 is 22.6 Å². The molecule has 4 nitrogen and oxygen atoms in total. The molecule has 1 atom stereocenters. The van der Waals surface area contributed by atoms with Gasteiger partial charge in [-0.3, -0.25) is 9.59 Å². The van der Waals surface area contributed by atoms with Crippen molar-refractivity contribution in [2.75, 3.05) is 13.2 Å². The lowest BCUT2D eigenvalue weighted by Gasteiger charge is -2.34. The predicted octanol–water partition coefficient (Wildman–Crippen LogP) is 2.69. The summed E-state index contributed by atoms with van der Waals surface area (Å²) >= 11 is 1.76. The molecule has 0 aliphatic carbocycles. The summed E-state index contributed by atoms with van der Waals surface area (Å²) in [5, 5.41) is 2.89. The normalized spacial score (nSPS) is 20.7. The minimum Gasteiger partial charge on any atom is -0.381 e. The molecular weight excluding hydrogens is 357 g/mol. The van der Waals surface area contributed by atoms with Crippen LogP contribution in [0.1, 0.15) is 47.0 Å². The molecule has 1 aliphatic heterocycles. The summed E-state index contributed by atoms with van der Waals surface area (Å²) in [4.78, 5) is 23.8. The average molecular weight is 381 g/mol. The van der Waals surface area contributed by atoms with E-state index in [4.69, 9.17) is 4.74 Å². The first-order valence-corrected chi connectivity index (χ1v) is 7.78. The lowest BCUT2D eigenvalue weighted by molar-refractivity contribution is -0.129. The van der Waals surface area contributed by atoms with Crippen molar-refractivity contribution in [1.29, 1.82) is 0 Å². The second kappa shape index (κ2) is 6.52. The van der Waals surface area contributed by atoms with Crippen molar-refractivity contribution in [3.63, 3.8) is 0 Å². The molecule has 1 rings (SSSR count). The standard InChI is InChI=1S/C14H24INO3/c1-13(2,3)11(12(15)18)16-10(17)9-14(4)5-7-19-8-6-14/h11H,5-9H2,1-4H3,(H,16,17). The van der Waals surface area contributed by atoms with Gasteiger partial charge in [-0.25, -0.2) is 0 Å². The van der Waals surface area contributed by atoms with Crippen molar-refractivity contribution >= 4 is 32.3 Å². The van der Waals surface area contributed by atoms with Crippen LogP contribution in [0.3, 0.4) is 0 Å². The van der Waals surface area contributed by atoms with Crippen LogP contribution in [0.15, 0.2) is 0 Å². The highest BCUT2D eigenvalue weighted by molar-refractivity contribution is 14.1. The molecular formula is C14H24INO3. The van der Waals surface area contributed by atoms with Gasteiger partial charge in [-0.15, -0.1) is 0 Å². The number of halogens is 1. The van der Waals surface area contributed by atoms with Gasteiger partial charge in [0.2, 0.25) is 9.70 Å². The predicted molar refractivity (Wildman–Crippen MR) is 83.2 cm³/mol. The van der Waals surface area contributed by atoms with Crippen LogP contribution in [-0.4, -0.2) is 29.0 Å². The van der Waals surface area contributed by atoms with Crippen molar-refractivity contribution in [3.8, 4) is 0 Å². The lowest BCUT2D eigenvalue weighted by atomic mass is 9.79. The Labute approximate surface area is 129 Å². The molecule has 1 fully saturated rings. The molecule has 0 aromatic heterocycles. The van der Waals surface area contributed by atoms with Crippen molar-refractivity contribution in [1.82, 2.24) is 5.32 Å². The largest absolute Gasteiger partial charge is 0.381 e. The first kappa shape index (κ1) is 16.9. The Balaban J connectivity index is 2.60. The van der Waals surface area contributed by atoms with Gasteiger partial charge in [0.1, 0.15) is 6.04 Å². The Hall–Kier alpha value is -0.170. The summed E-state index contributed by atoms with van der Waals surface area (Å²) in [5.41, 5.74) is -0.260. The zero-order chi connectivity index (χ0) is 14.7. The Morgan fingerprint density at radius 1 is 1.32 bits per heavy atom. The van der Waals surface area contributed by atoms with Gasteiger partial charge in [0.05, 0.1) is 0 Å². The molecule has 19 heavy (non-hydrogen) atoms. The molecule has 0 bridgehead atoms. The van der Waals surface area contributed by atoms with E-state index in [9.17, 15) is 9.59 Å². The fraction of sp³-hybridized carbons (Fsp3) is 0.857. The van der Waals surface area contributed by atoms with Crippen molar-refractivity contribution in [2.45, 2.75) is 53.0 Å². The summed E-state index contributed by atoms with van der Waals surface area (Å²) < 4.78 is 5.32. The summed E-state index contributed by atoms with van der Waals surface area (Å²) in [6, 6.07) is -0.427. The Morgan fingerprint density at radius 3 is 2.26 bits per heavy atom. The van der Waals surface area contributed by atoms with Gasteiger partial charge < -0.3 is 10.1 Å². The molecule has 1 amide bonds. The molecule has 0 aromatic rings. The molecule has 0 spiro atoms. The monoisotopic (exact) mass is 381 g/mol. The number of ether oxygens (including phenoxy) is 1. The van der Waals surface area contributed by atoms with Crippen LogP contribution in [0, 0.1) is 10.8 Å². The highest BCUT2D eigenvalue weighted by atomic mass is 127. The Kier molecular flexibility index (Phi) is 5.79. The maximum atomic E-state index is 12.2. The van der Waals surface area contributed by atoms with E-state index >= 15 is 0 Å². The maximum absolute atomic E-state index is 12.2. The van der Waals surface area contributed by atoms with E-state index in [1.165, 1.54) is 0 Å². The SMILES string of the molecule is CC1(CC(=O)NC(C(=O)I)C(C)(C)C)CCOCC1. The van der Waals surface area contributed by atoms with Crippen LogP contribution in [-0.2, 0) is 14.3 Å². The molecule has 1 saturated heterocycles. The van der Waals surface area contributed by atoms with Gasteiger partial charge in [0.15, 0.2) is 0 Å². The molecule has 1 N–H and O–H groups in total. The molecule has 0 radical (unpaired) electrons. The minimum absolute atomic E-state index is 0.000905. The zero-order valence-corrected chi connectivity index (χ0v) is 14.4. The molecule has 1 unspecified atom stereocenters. The third kappa shape index (κ3) is 5.38. The molecule has 110 valence electrons. The number of amides is 1. The van der Waals surface area contributed by atoms with E-state index in [2.05, 4.69) is 12.2 Å². The first-order chi connectivity index (χ1) is 8.64. The third-order valence-electron chi connectivity index (χ3n) is 3.69. The van der Waals surface area contributed by atoms with E-state index in [0.29, 0.717) is 6.42 Å². The number of carbonyl (C=O) groups is 2. The highest BCUT2D eigenvalue weighted by Gasteiger charge is 2.34. The molecule has 0 saturated carbocycles. The second-order valence-corrected chi connectivity index (χ2v) is 7.83. The van der Waals surface area contributed by atoms with Crippen molar-refractivity contribution in [2.24, 2.45) is 10.8 Å². The van der Waals surface area contributed by atoms with Gasteiger partial charge in [-0.05, 0) is 23.7 Å². The van der Waals surface area contributed by atoms with Gasteiger partial charge in [0, 0.05) is 42.2 Å². The summed E-state index contributed by atoms with van der Waals surface area (Å²) in [5.74, 6) is -0.0330. The first-order valence-electron chi connectivity index (χ1n) is 6.70. The fourth-order valence-corrected chi connectivity index (χ4v) is 3.34. The molecule has 0 aromatic carbocycles. The number of hydrogen-bond donors (Lipinski definition) is 1. The molecule has 1 heterocycles. The second-order valence-electron chi connectivity index (χ2n) is 6.77. The Morgan fingerprint density at radius 2 is 1.84 bits per heavy atom. The molecule has 5 heteroatoms. The van der Waals surface area contributed by atoms with Gasteiger partial charge >= 0.3 is 0 Å². The van der Waals surface area contributed by atoms with Gasteiger partial charge in [-0.2, -0.15) is 0 Å². The van der Waals surface area contributed by atoms with E-state index in [-0.39, 0.29) is 20.5 Å². The van der Waals surface area contributed by atoms with E-state index in [1.807, 2.05) is 20.8 Å². The zero-order valence-electron chi connectivity index (χ0n) is 12.2. The van der Waals surface area contributed by atoms with Gasteiger partial charge in [-0.1, -0.05) is 27.7 Å². The number of hydrogen-bond acceptors (Lipinski definition) is 3. The van der Waals surface area contributed by atoms with E-state index < -0.39 is 6.04 Å². The van der Waals surface area contributed by atoms with Crippen LogP contribution in [0.25, 0.3) is 0 Å². The fourth-order valence-electron chi connectivity index (χ4n) is 2.25. The van der Waals surface area contributed by atoms with Crippen molar-refractivity contribution < 1.29 is 14.3 Å². The minimum atomic E-state index is -0.427. The average Bonchev–Trinajstić information content (AvgIpc) is 2.24. The summed E-state index contributed by atoms with van der Waals surface area (Å²) in [6.07, 6.45) is 2.27. The van der Waals surface area contributed by atoms with Gasteiger partial charge in [0.25, 0.3) is 0 Å². The third-order valence-corrected chi connectivity index (χ3v) is 4.31. The smallest absolute Gasteiger partial charge is 0.221 e. The quantitative estimate of drug-likeness (QED) is 0.602. The summed E-state index contributed by atoms with van der Waals surface area (Å²) in [6.45, 7) is 9.45. The topological polar surface area (TPSA) is 55.4 Å². The van der Waals surface area contributed by atoms with Crippen LogP contribution in [0.4, 0.5) is 0 Å². The van der Waals surface area contributed by atoms with E-state index in [1.54, 1.807) is 22.6 Å². The molecule has 1 aliphatic rings. The highest BCUT2D eigenvalue weighted by Crippen LogP contribution is 2.33. The van der Waals surface area contributed by atoms with E-state index in [0.717, 1.165) is 26.1 Å².